The van der Waals surface area contributed by atoms with Crippen molar-refractivity contribution in [3.05, 3.63) is 71.7 Å². The Morgan fingerprint density at radius 3 is 2.47 bits per heavy atom. The summed E-state index contributed by atoms with van der Waals surface area (Å²) < 4.78 is 22.3. The van der Waals surface area contributed by atoms with Gasteiger partial charge < -0.3 is 9.84 Å². The molecular weight excluding hydrogens is 405 g/mol. The number of aromatic nitrogens is 2. The summed E-state index contributed by atoms with van der Waals surface area (Å²) in [6.07, 6.45) is 3.46. The zero-order chi connectivity index (χ0) is 22.9. The van der Waals surface area contributed by atoms with Crippen LogP contribution in [0.15, 0.2) is 54.6 Å². The lowest BCUT2D eigenvalue weighted by atomic mass is 10.1. The number of hydrogen-bond donors (Lipinski definition) is 1. The average Bonchev–Trinajstić information content (AvgIpc) is 3.09. The van der Waals surface area contributed by atoms with Crippen molar-refractivity contribution in [3.8, 4) is 17.3 Å². The van der Waals surface area contributed by atoms with Crippen molar-refractivity contribution in [1.82, 2.24) is 14.7 Å². The maximum Gasteiger partial charge on any atom is 0.227 e. The highest BCUT2D eigenvalue weighted by Gasteiger charge is 2.23. The Bertz CT molecular complexity index is 974. The second-order valence-electron chi connectivity index (χ2n) is 8.18. The molecule has 0 amide bonds. The van der Waals surface area contributed by atoms with Crippen molar-refractivity contribution in [3.63, 3.8) is 0 Å². The summed E-state index contributed by atoms with van der Waals surface area (Å²) >= 11 is 0. The van der Waals surface area contributed by atoms with Crippen LogP contribution in [0, 0.1) is 12.7 Å². The summed E-state index contributed by atoms with van der Waals surface area (Å²) in [5.74, 6) is 0.246. The predicted molar refractivity (Wildman–Crippen MR) is 126 cm³/mol. The topological polar surface area (TPSA) is 50.5 Å². The van der Waals surface area contributed by atoms with E-state index in [1.54, 1.807) is 22.9 Å². The highest BCUT2D eigenvalue weighted by molar-refractivity contribution is 5.43. The molecule has 2 aromatic carbocycles. The highest BCUT2D eigenvalue weighted by atomic mass is 19.1. The van der Waals surface area contributed by atoms with E-state index >= 15 is 0 Å². The van der Waals surface area contributed by atoms with Gasteiger partial charge in [-0.15, -0.1) is 0 Å². The first kappa shape index (κ1) is 24.0. The number of ether oxygens (including phenoxy) is 1. The van der Waals surface area contributed by atoms with E-state index in [0.29, 0.717) is 19.0 Å². The van der Waals surface area contributed by atoms with Crippen molar-refractivity contribution >= 4 is 0 Å². The SMILES string of the molecule is CCCC[C@H](O)CN(CCC)Cc1c(C)nn(-c2ccccc2)c1Oc1ccccc1F. The fraction of sp³-hybridized carbons (Fsp3) is 0.423. The van der Waals surface area contributed by atoms with E-state index in [0.717, 1.165) is 49.2 Å². The minimum Gasteiger partial charge on any atom is -0.435 e. The summed E-state index contributed by atoms with van der Waals surface area (Å²) in [6.45, 7) is 8.20. The number of benzene rings is 2. The van der Waals surface area contributed by atoms with Gasteiger partial charge >= 0.3 is 0 Å². The van der Waals surface area contributed by atoms with Crippen LogP contribution in [0.2, 0.25) is 0 Å². The van der Waals surface area contributed by atoms with E-state index < -0.39 is 5.82 Å². The number of para-hydroxylation sites is 2. The quantitative estimate of drug-likeness (QED) is 0.383. The van der Waals surface area contributed by atoms with Crippen LogP contribution in [0.3, 0.4) is 0 Å². The monoisotopic (exact) mass is 439 g/mol. The summed E-state index contributed by atoms with van der Waals surface area (Å²) in [5, 5.41) is 15.2. The minimum absolute atomic E-state index is 0.163. The molecule has 3 rings (SSSR count). The molecule has 0 saturated heterocycles. The third-order valence-corrected chi connectivity index (χ3v) is 5.46. The summed E-state index contributed by atoms with van der Waals surface area (Å²) in [6, 6.07) is 16.1. The number of hydrogen-bond acceptors (Lipinski definition) is 4. The van der Waals surface area contributed by atoms with Gasteiger partial charge in [-0.05, 0) is 50.6 Å². The number of aliphatic hydroxyl groups is 1. The van der Waals surface area contributed by atoms with Gasteiger partial charge in [0.15, 0.2) is 11.6 Å². The molecular formula is C26H34FN3O2. The number of aliphatic hydroxyl groups excluding tert-OH is 1. The van der Waals surface area contributed by atoms with Crippen molar-refractivity contribution in [2.24, 2.45) is 0 Å². The number of nitrogens with zero attached hydrogens (tertiary/aromatic N) is 3. The summed E-state index contributed by atoms with van der Waals surface area (Å²) in [5.41, 5.74) is 2.57. The Morgan fingerprint density at radius 1 is 1.06 bits per heavy atom. The molecule has 0 bridgehead atoms. The second-order valence-corrected chi connectivity index (χ2v) is 8.18. The number of halogens is 1. The molecule has 0 fully saturated rings. The minimum atomic E-state index is -0.419. The Balaban J connectivity index is 1.96. The van der Waals surface area contributed by atoms with Crippen LogP contribution in [0.25, 0.3) is 5.69 Å². The van der Waals surface area contributed by atoms with Gasteiger partial charge in [-0.3, -0.25) is 4.90 Å². The Hall–Kier alpha value is -2.70. The molecule has 172 valence electrons. The molecule has 1 heterocycles. The van der Waals surface area contributed by atoms with Crippen LogP contribution in [0.5, 0.6) is 11.6 Å². The molecule has 0 radical (unpaired) electrons. The smallest absolute Gasteiger partial charge is 0.227 e. The van der Waals surface area contributed by atoms with Crippen LogP contribution >= 0.6 is 0 Å². The first-order chi connectivity index (χ1) is 15.5. The molecule has 1 aromatic heterocycles. The van der Waals surface area contributed by atoms with Gasteiger partial charge in [0.05, 0.1) is 23.0 Å². The maximum atomic E-state index is 14.4. The maximum absolute atomic E-state index is 14.4. The van der Waals surface area contributed by atoms with E-state index in [1.807, 2.05) is 37.3 Å². The zero-order valence-electron chi connectivity index (χ0n) is 19.3. The van der Waals surface area contributed by atoms with E-state index in [2.05, 4.69) is 18.7 Å². The average molecular weight is 440 g/mol. The molecule has 6 heteroatoms. The largest absolute Gasteiger partial charge is 0.435 e. The number of unbranched alkanes of at least 4 members (excludes halogenated alkanes) is 1. The third kappa shape index (κ3) is 6.17. The molecule has 5 nitrogen and oxygen atoms in total. The molecule has 0 unspecified atom stereocenters. The number of aryl methyl sites for hydroxylation is 1. The Kier molecular flexibility index (Phi) is 8.82. The molecule has 1 N–H and O–H groups in total. The van der Waals surface area contributed by atoms with Crippen LogP contribution in [-0.2, 0) is 6.54 Å². The normalized spacial score (nSPS) is 12.3. The van der Waals surface area contributed by atoms with Crippen molar-refractivity contribution in [2.45, 2.75) is 59.1 Å². The predicted octanol–water partition coefficient (Wildman–Crippen LogP) is 5.88. The lowest BCUT2D eigenvalue weighted by Gasteiger charge is -2.25. The van der Waals surface area contributed by atoms with Crippen LogP contribution in [0.4, 0.5) is 4.39 Å². The molecule has 0 aliphatic rings. The first-order valence-corrected chi connectivity index (χ1v) is 11.5. The second kappa shape index (κ2) is 11.8. The Labute approximate surface area is 190 Å². The summed E-state index contributed by atoms with van der Waals surface area (Å²) in [4.78, 5) is 2.23. The van der Waals surface area contributed by atoms with Gasteiger partial charge in [0, 0.05) is 13.1 Å². The van der Waals surface area contributed by atoms with Crippen molar-refractivity contribution in [2.75, 3.05) is 13.1 Å². The fourth-order valence-corrected chi connectivity index (χ4v) is 3.80. The van der Waals surface area contributed by atoms with Gasteiger partial charge in [0.25, 0.3) is 0 Å². The lowest BCUT2D eigenvalue weighted by molar-refractivity contribution is 0.0990. The van der Waals surface area contributed by atoms with E-state index in [-0.39, 0.29) is 11.9 Å². The highest BCUT2D eigenvalue weighted by Crippen LogP contribution is 2.32. The van der Waals surface area contributed by atoms with Crippen LogP contribution in [-0.4, -0.2) is 39.0 Å². The molecule has 3 aromatic rings. The van der Waals surface area contributed by atoms with E-state index in [4.69, 9.17) is 9.84 Å². The lowest BCUT2D eigenvalue weighted by Crippen LogP contribution is -2.33. The standard InChI is InChI=1S/C26H34FN3O2/c1-4-6-14-22(31)18-29(17-5-2)19-23-20(3)28-30(21-12-8-7-9-13-21)26(23)32-25-16-11-10-15-24(25)27/h7-13,15-16,22,31H,4-6,14,17-19H2,1-3H3/t22-/m0/s1. The summed E-state index contributed by atoms with van der Waals surface area (Å²) in [7, 11) is 0. The first-order valence-electron chi connectivity index (χ1n) is 11.5. The Morgan fingerprint density at radius 2 is 1.78 bits per heavy atom. The third-order valence-electron chi connectivity index (χ3n) is 5.46. The molecule has 1 atom stereocenters. The van der Waals surface area contributed by atoms with Gasteiger partial charge in [-0.1, -0.05) is 57.0 Å². The van der Waals surface area contributed by atoms with E-state index in [9.17, 15) is 9.50 Å². The molecule has 0 saturated carbocycles. The molecule has 0 aliphatic carbocycles. The van der Waals surface area contributed by atoms with Gasteiger partial charge in [0.2, 0.25) is 5.88 Å². The van der Waals surface area contributed by atoms with Crippen molar-refractivity contribution in [1.29, 1.82) is 0 Å². The number of rotatable bonds is 12. The van der Waals surface area contributed by atoms with Crippen LogP contribution in [0.1, 0.15) is 50.8 Å². The van der Waals surface area contributed by atoms with Gasteiger partial charge in [0.1, 0.15) is 0 Å². The van der Waals surface area contributed by atoms with Crippen molar-refractivity contribution < 1.29 is 14.2 Å². The van der Waals surface area contributed by atoms with Gasteiger partial charge in [-0.2, -0.15) is 5.10 Å². The molecule has 0 spiro atoms. The van der Waals surface area contributed by atoms with Gasteiger partial charge in [-0.25, -0.2) is 9.07 Å². The fourth-order valence-electron chi connectivity index (χ4n) is 3.80. The van der Waals surface area contributed by atoms with Crippen LogP contribution < -0.4 is 4.74 Å². The molecule has 0 aliphatic heterocycles. The molecule has 32 heavy (non-hydrogen) atoms. The zero-order valence-corrected chi connectivity index (χ0v) is 19.3. The van der Waals surface area contributed by atoms with E-state index in [1.165, 1.54) is 6.07 Å².